The van der Waals surface area contributed by atoms with E-state index < -0.39 is 5.41 Å². The Balaban J connectivity index is 2.14. The van der Waals surface area contributed by atoms with Crippen molar-refractivity contribution in [1.29, 1.82) is 5.26 Å². The molecule has 0 saturated carbocycles. The minimum Gasteiger partial charge on any atom is -0.810 e. The van der Waals surface area contributed by atoms with Gasteiger partial charge in [0.15, 0.2) is 5.82 Å². The second-order valence-electron chi connectivity index (χ2n) is 7.33. The van der Waals surface area contributed by atoms with Gasteiger partial charge in [-0.15, -0.1) is 0 Å². The number of aryl methyl sites for hydroxylation is 1. The van der Waals surface area contributed by atoms with Gasteiger partial charge in [-0.1, -0.05) is 0 Å². The molecule has 3 heterocycles. The number of hydrogen-bond donors (Lipinski definition) is 2. The number of nitriles is 1. The topological polar surface area (TPSA) is 112 Å². The molecule has 1 saturated heterocycles. The lowest BCUT2D eigenvalue weighted by Crippen LogP contribution is -2.44. The third-order valence-electron chi connectivity index (χ3n) is 4.74. The lowest BCUT2D eigenvalue weighted by Gasteiger charge is -2.35. The van der Waals surface area contributed by atoms with Gasteiger partial charge >= 0.3 is 0 Å². The van der Waals surface area contributed by atoms with E-state index in [1.807, 2.05) is 32.9 Å². The summed E-state index contributed by atoms with van der Waals surface area (Å²) in [6.07, 6.45) is 0.996. The van der Waals surface area contributed by atoms with E-state index in [4.69, 9.17) is 9.72 Å². The van der Waals surface area contributed by atoms with Crippen molar-refractivity contribution in [1.82, 2.24) is 15.2 Å². The molecule has 1 aliphatic rings. The molecule has 0 spiro atoms. The van der Waals surface area contributed by atoms with Crippen LogP contribution in [0.2, 0.25) is 0 Å². The van der Waals surface area contributed by atoms with E-state index in [-0.39, 0.29) is 6.04 Å². The number of aromatic nitrogens is 3. The monoisotopic (exact) mass is 366 g/mol. The van der Waals surface area contributed by atoms with Crippen LogP contribution in [0.3, 0.4) is 0 Å². The van der Waals surface area contributed by atoms with Crippen molar-refractivity contribution < 1.29 is 4.74 Å². The van der Waals surface area contributed by atoms with Crippen molar-refractivity contribution in [2.75, 3.05) is 30.0 Å². The number of anilines is 3. The van der Waals surface area contributed by atoms with Crippen LogP contribution in [-0.2, 0) is 10.2 Å². The molecule has 2 aromatic rings. The van der Waals surface area contributed by atoms with Crippen LogP contribution in [0.5, 0.6) is 0 Å². The van der Waals surface area contributed by atoms with Gasteiger partial charge in [-0.3, -0.25) is 5.10 Å². The van der Waals surface area contributed by atoms with Crippen LogP contribution in [-0.4, -0.2) is 47.2 Å². The highest BCUT2D eigenvalue weighted by atomic mass is 16.5. The van der Waals surface area contributed by atoms with Gasteiger partial charge in [-0.25, -0.2) is 4.98 Å². The fourth-order valence-corrected chi connectivity index (χ4v) is 3.16. The summed E-state index contributed by atoms with van der Waals surface area (Å²) in [4.78, 5) is 6.89. The molecule has 0 amide bonds. The van der Waals surface area contributed by atoms with E-state index in [0.29, 0.717) is 42.5 Å². The number of H-pyrrole nitrogens is 1. The van der Waals surface area contributed by atoms with Gasteiger partial charge in [0.05, 0.1) is 30.7 Å². The van der Waals surface area contributed by atoms with Crippen molar-refractivity contribution in [3.63, 3.8) is 0 Å². The molecule has 0 aromatic carbocycles. The number of morpholine rings is 1. The van der Waals surface area contributed by atoms with Crippen molar-refractivity contribution in [3.8, 4) is 6.07 Å². The van der Waals surface area contributed by atoms with Gasteiger partial charge in [0, 0.05) is 18.3 Å². The summed E-state index contributed by atoms with van der Waals surface area (Å²) >= 11 is 0. The lowest BCUT2D eigenvalue weighted by atomic mass is 9.83. The third-order valence-corrected chi connectivity index (χ3v) is 4.74. The molecule has 8 nitrogen and oxygen atoms in total. The van der Waals surface area contributed by atoms with Crippen molar-refractivity contribution in [2.24, 2.45) is 0 Å². The Morgan fingerprint density at radius 3 is 2.85 bits per heavy atom. The number of nitrogens with zero attached hydrogens (tertiary/aromatic N) is 5. The largest absolute Gasteiger partial charge is 0.810 e. The molecule has 27 heavy (non-hydrogen) atoms. The summed E-state index contributed by atoms with van der Waals surface area (Å²) in [6.45, 7) is 9.58. The van der Waals surface area contributed by atoms with Gasteiger partial charge in [0.1, 0.15) is 11.6 Å². The molecule has 3 rings (SSSR count). The number of aromatic amines is 1. The summed E-state index contributed by atoms with van der Waals surface area (Å²) < 4.78 is 5.53. The smallest absolute Gasteiger partial charge is 0.153 e. The molecule has 0 unspecified atom stereocenters. The van der Waals surface area contributed by atoms with Gasteiger partial charge in [-0.05, 0) is 44.9 Å². The Kier molecular flexibility index (Phi) is 5.15. The van der Waals surface area contributed by atoms with E-state index in [0.717, 1.165) is 17.7 Å². The Morgan fingerprint density at radius 2 is 2.26 bits per heavy atom. The summed E-state index contributed by atoms with van der Waals surface area (Å²) in [7, 11) is 0. The summed E-state index contributed by atoms with van der Waals surface area (Å²) in [6, 6.07) is 6.21. The van der Waals surface area contributed by atoms with Crippen LogP contribution in [0.4, 0.5) is 17.5 Å². The van der Waals surface area contributed by atoms with Crippen LogP contribution in [0.15, 0.2) is 12.1 Å². The molecular weight excluding hydrogens is 342 g/mol. The Hall–Kier alpha value is -2.92. The predicted octanol–water partition coefficient (Wildman–Crippen LogP) is 2.87. The molecule has 1 fully saturated rings. The number of hydrogen-bond acceptors (Lipinski definition) is 6. The van der Waals surface area contributed by atoms with Crippen LogP contribution < -0.4 is 10.2 Å². The quantitative estimate of drug-likeness (QED) is 0.787. The molecule has 1 atom stereocenters. The predicted molar refractivity (Wildman–Crippen MR) is 106 cm³/mol. The Labute approximate surface area is 159 Å². The molecule has 0 bridgehead atoms. The Bertz CT molecular complexity index is 881. The van der Waals surface area contributed by atoms with Crippen LogP contribution in [0.1, 0.15) is 37.6 Å². The highest BCUT2D eigenvalue weighted by molar-refractivity contribution is 5.92. The van der Waals surface area contributed by atoms with Gasteiger partial charge in [0.25, 0.3) is 0 Å². The average molecular weight is 366 g/mol. The standard InChI is InChI=1S/C19H24N7O/c1-12-7-16(25-24-12)22-18-14(9-20)15(19(3,4)11-21)8-17(23-18)26-5-6-27-10-13(26)2/h7-9,13H,5-6,10H2,1-4H3,(H2,22,23,24,25)/q-1/t13-/m1/s1. The summed E-state index contributed by atoms with van der Waals surface area (Å²) in [5.74, 6) is 1.79. The molecular formula is C19H24N7O-. The maximum atomic E-state index is 9.92. The zero-order valence-corrected chi connectivity index (χ0v) is 16.1. The zero-order chi connectivity index (χ0) is 19.6. The molecule has 1 aliphatic heterocycles. The van der Waals surface area contributed by atoms with E-state index in [1.165, 1.54) is 0 Å². The lowest BCUT2D eigenvalue weighted by molar-refractivity contribution is 0.0985. The second-order valence-corrected chi connectivity index (χ2v) is 7.33. The second kappa shape index (κ2) is 7.37. The van der Waals surface area contributed by atoms with Crippen molar-refractivity contribution in [2.45, 2.75) is 39.2 Å². The normalized spacial score (nSPS) is 17.4. The summed E-state index contributed by atoms with van der Waals surface area (Å²) in [5.41, 5.74) is 1.28. The number of nitrogens with one attached hydrogen (secondary N) is 2. The fourth-order valence-electron chi connectivity index (χ4n) is 3.16. The number of rotatable bonds is 5. The van der Waals surface area contributed by atoms with Gasteiger partial charge in [0.2, 0.25) is 0 Å². The van der Waals surface area contributed by atoms with Crippen LogP contribution in [0.25, 0.3) is 5.41 Å². The van der Waals surface area contributed by atoms with Crippen LogP contribution in [0, 0.1) is 18.3 Å². The average Bonchev–Trinajstić information content (AvgIpc) is 3.06. The first-order valence-electron chi connectivity index (χ1n) is 8.93. The third kappa shape index (κ3) is 3.78. The molecule has 0 aliphatic carbocycles. The van der Waals surface area contributed by atoms with E-state index >= 15 is 0 Å². The molecule has 142 valence electrons. The number of pyridine rings is 1. The SMILES string of the molecule is Cc1cc(Nc2nc(N3CCOC[C@H]3C)cc(C(C)(C)C#N)c2C=[N-])n[nH]1. The molecule has 8 heteroatoms. The Morgan fingerprint density at radius 1 is 1.48 bits per heavy atom. The number of ether oxygens (including phenoxy) is 1. The highest BCUT2D eigenvalue weighted by Crippen LogP contribution is 2.34. The van der Waals surface area contributed by atoms with E-state index in [1.54, 1.807) is 0 Å². The van der Waals surface area contributed by atoms with Gasteiger partial charge < -0.3 is 20.4 Å². The maximum absolute atomic E-state index is 9.92. The van der Waals surface area contributed by atoms with E-state index in [9.17, 15) is 10.7 Å². The maximum Gasteiger partial charge on any atom is 0.153 e. The fraction of sp³-hybridized carbons (Fsp3) is 0.474. The van der Waals surface area contributed by atoms with Crippen molar-refractivity contribution >= 4 is 23.7 Å². The molecule has 2 aromatic heterocycles. The first-order chi connectivity index (χ1) is 12.9. The van der Waals surface area contributed by atoms with Crippen LogP contribution >= 0.6 is 0 Å². The zero-order valence-electron chi connectivity index (χ0n) is 16.1. The van der Waals surface area contributed by atoms with Crippen molar-refractivity contribution in [3.05, 3.63) is 34.4 Å². The van der Waals surface area contributed by atoms with E-state index in [2.05, 4.69) is 33.4 Å². The molecule has 2 N–H and O–H groups in total. The first kappa shape index (κ1) is 18.9. The molecule has 0 radical (unpaired) electrons. The highest BCUT2D eigenvalue weighted by Gasteiger charge is 2.28. The first-order valence-corrected chi connectivity index (χ1v) is 8.93. The minimum atomic E-state index is -0.806. The summed E-state index contributed by atoms with van der Waals surface area (Å²) in [5, 5.41) is 29.8. The van der Waals surface area contributed by atoms with Gasteiger partial charge in [-0.2, -0.15) is 16.6 Å². The minimum absolute atomic E-state index is 0.161.